The van der Waals surface area contributed by atoms with Crippen molar-refractivity contribution in [3.63, 3.8) is 0 Å². The van der Waals surface area contributed by atoms with Crippen LogP contribution in [0.25, 0.3) is 17.4 Å². The highest BCUT2D eigenvalue weighted by Crippen LogP contribution is 2.31. The fourth-order valence-corrected chi connectivity index (χ4v) is 3.43. The normalized spacial score (nSPS) is 11.0. The highest BCUT2D eigenvalue weighted by atomic mass is 16.6. The molecule has 0 saturated carbocycles. The van der Waals surface area contributed by atoms with Crippen molar-refractivity contribution in [3.8, 4) is 17.1 Å². The first-order valence-corrected chi connectivity index (χ1v) is 11.1. The Kier molecular flexibility index (Phi) is 7.69. The van der Waals surface area contributed by atoms with E-state index in [1.54, 1.807) is 79.1 Å². The monoisotopic (exact) mass is 498 g/mol. The minimum atomic E-state index is -0.553. The number of para-hydroxylation sites is 1. The van der Waals surface area contributed by atoms with Crippen molar-refractivity contribution in [2.45, 2.75) is 6.54 Å². The number of benzene rings is 2. The molecule has 10 nitrogen and oxygen atoms in total. The molecule has 4 aromatic rings. The molecule has 2 aromatic heterocycles. The molecule has 0 saturated heterocycles. The van der Waals surface area contributed by atoms with Crippen LogP contribution in [0.4, 0.5) is 5.69 Å². The molecular weight excluding hydrogens is 476 g/mol. The van der Waals surface area contributed by atoms with E-state index in [1.807, 2.05) is 0 Å². The highest BCUT2D eigenvalue weighted by molar-refractivity contribution is 6.05. The number of nitro groups is 1. The van der Waals surface area contributed by atoms with Gasteiger partial charge in [-0.3, -0.25) is 24.7 Å². The van der Waals surface area contributed by atoms with Crippen LogP contribution in [0.1, 0.15) is 21.7 Å². The smallest absolute Gasteiger partial charge is 0.280 e. The Morgan fingerprint density at radius 3 is 2.46 bits per heavy atom. The standard InChI is InChI=1S/C27H22N4O6/c1-36-20-8-6-19(7-9-20)26(32)30-23(27(33)29-17-18-12-14-28-15-13-18)16-21-10-11-25(37-21)22-4-2-3-5-24(22)31(34)35/h2-16H,17H2,1H3,(H,29,33)(H,30,32)/b23-16+. The largest absolute Gasteiger partial charge is 0.497 e. The number of carbonyl (C=O) groups is 2. The molecule has 0 bridgehead atoms. The third-order valence-corrected chi connectivity index (χ3v) is 5.33. The van der Waals surface area contributed by atoms with Crippen LogP contribution < -0.4 is 15.4 Å². The maximum absolute atomic E-state index is 13.0. The third-order valence-electron chi connectivity index (χ3n) is 5.33. The zero-order chi connectivity index (χ0) is 26.2. The number of ether oxygens (including phenoxy) is 1. The number of aromatic nitrogens is 1. The van der Waals surface area contributed by atoms with Crippen LogP contribution in [-0.2, 0) is 11.3 Å². The van der Waals surface area contributed by atoms with Crippen LogP contribution in [0.3, 0.4) is 0 Å². The number of hydrogen-bond acceptors (Lipinski definition) is 7. The summed E-state index contributed by atoms with van der Waals surface area (Å²) in [4.78, 5) is 40.8. The zero-order valence-corrected chi connectivity index (χ0v) is 19.7. The van der Waals surface area contributed by atoms with Crippen molar-refractivity contribution < 1.29 is 23.7 Å². The van der Waals surface area contributed by atoms with Gasteiger partial charge >= 0.3 is 0 Å². The van der Waals surface area contributed by atoms with Crippen molar-refractivity contribution in [1.82, 2.24) is 15.6 Å². The number of hydrogen-bond donors (Lipinski definition) is 2. The predicted octanol–water partition coefficient (Wildman–Crippen LogP) is 4.35. The molecule has 0 aliphatic rings. The SMILES string of the molecule is COc1ccc(C(=O)N/C(=C/c2ccc(-c3ccccc3[N+](=O)[O-])o2)C(=O)NCc2ccncc2)cc1. The van der Waals surface area contributed by atoms with Crippen molar-refractivity contribution >= 4 is 23.6 Å². The van der Waals surface area contributed by atoms with Gasteiger partial charge in [-0.1, -0.05) is 12.1 Å². The molecule has 0 aliphatic heterocycles. The molecule has 2 N–H and O–H groups in total. The summed E-state index contributed by atoms with van der Waals surface area (Å²) in [6, 6.07) is 19.2. The quantitative estimate of drug-likeness (QED) is 0.199. The Morgan fingerprint density at radius 2 is 1.76 bits per heavy atom. The van der Waals surface area contributed by atoms with Gasteiger partial charge < -0.3 is 19.8 Å². The molecular formula is C27H22N4O6. The van der Waals surface area contributed by atoms with Crippen LogP contribution in [-0.4, -0.2) is 28.8 Å². The maximum atomic E-state index is 13.0. The first-order chi connectivity index (χ1) is 17.9. The number of furan rings is 1. The lowest BCUT2D eigenvalue weighted by atomic mass is 10.1. The van der Waals surface area contributed by atoms with E-state index < -0.39 is 16.7 Å². The molecule has 2 amide bonds. The lowest BCUT2D eigenvalue weighted by Crippen LogP contribution is -2.34. The van der Waals surface area contributed by atoms with Crippen LogP contribution in [0.2, 0.25) is 0 Å². The second-order valence-corrected chi connectivity index (χ2v) is 7.76. The van der Waals surface area contributed by atoms with Gasteiger partial charge in [-0.15, -0.1) is 0 Å². The Bertz CT molecular complexity index is 1450. The fourth-order valence-electron chi connectivity index (χ4n) is 3.43. The van der Waals surface area contributed by atoms with Crippen molar-refractivity contribution in [1.29, 1.82) is 0 Å². The molecule has 37 heavy (non-hydrogen) atoms. The number of nitrogens with zero attached hydrogens (tertiary/aromatic N) is 2. The minimum Gasteiger partial charge on any atom is -0.497 e. The molecule has 0 fully saturated rings. The first kappa shape index (κ1) is 24.9. The van der Waals surface area contributed by atoms with Gasteiger partial charge in [0.15, 0.2) is 0 Å². The zero-order valence-electron chi connectivity index (χ0n) is 19.7. The lowest BCUT2D eigenvalue weighted by Gasteiger charge is -2.11. The Morgan fingerprint density at radius 1 is 1.03 bits per heavy atom. The van der Waals surface area contributed by atoms with Gasteiger partial charge in [-0.05, 0) is 60.2 Å². The third kappa shape index (κ3) is 6.25. The van der Waals surface area contributed by atoms with Gasteiger partial charge in [0.2, 0.25) is 0 Å². The molecule has 0 atom stereocenters. The first-order valence-electron chi connectivity index (χ1n) is 11.1. The lowest BCUT2D eigenvalue weighted by molar-refractivity contribution is -0.384. The van der Waals surface area contributed by atoms with E-state index in [-0.39, 0.29) is 35.0 Å². The van der Waals surface area contributed by atoms with Gasteiger partial charge in [-0.2, -0.15) is 0 Å². The van der Waals surface area contributed by atoms with Gasteiger partial charge in [0.05, 0.1) is 17.6 Å². The molecule has 2 heterocycles. The summed E-state index contributed by atoms with van der Waals surface area (Å²) < 4.78 is 10.9. The number of methoxy groups -OCH3 is 1. The average Bonchev–Trinajstić information content (AvgIpc) is 3.40. The summed E-state index contributed by atoms with van der Waals surface area (Å²) in [6.07, 6.45) is 4.58. The van der Waals surface area contributed by atoms with E-state index >= 15 is 0 Å². The van der Waals surface area contributed by atoms with E-state index in [0.717, 1.165) is 5.56 Å². The van der Waals surface area contributed by atoms with Gasteiger partial charge in [0.1, 0.15) is 23.0 Å². The summed E-state index contributed by atoms with van der Waals surface area (Å²) in [6.45, 7) is 0.205. The van der Waals surface area contributed by atoms with Crippen LogP contribution in [0.5, 0.6) is 5.75 Å². The predicted molar refractivity (Wildman–Crippen MR) is 135 cm³/mol. The summed E-state index contributed by atoms with van der Waals surface area (Å²) in [7, 11) is 1.52. The molecule has 0 aliphatic carbocycles. The molecule has 0 radical (unpaired) electrons. The van der Waals surface area contributed by atoms with E-state index in [0.29, 0.717) is 11.3 Å². The second-order valence-electron chi connectivity index (χ2n) is 7.76. The van der Waals surface area contributed by atoms with Gasteiger partial charge in [0, 0.05) is 36.6 Å². The number of amides is 2. The minimum absolute atomic E-state index is 0.0710. The number of nitrogens with one attached hydrogen (secondary N) is 2. The molecule has 186 valence electrons. The van der Waals surface area contributed by atoms with Gasteiger partial charge in [0.25, 0.3) is 17.5 Å². The molecule has 10 heteroatoms. The van der Waals surface area contributed by atoms with Crippen LogP contribution >= 0.6 is 0 Å². The summed E-state index contributed by atoms with van der Waals surface area (Å²) in [5, 5.41) is 16.8. The van der Waals surface area contributed by atoms with Crippen molar-refractivity contribution in [2.75, 3.05) is 7.11 Å². The molecule has 0 spiro atoms. The number of carbonyl (C=O) groups excluding carboxylic acids is 2. The van der Waals surface area contributed by atoms with E-state index in [1.165, 1.54) is 19.3 Å². The Labute approximate surface area is 211 Å². The van der Waals surface area contributed by atoms with Crippen LogP contribution in [0.15, 0.2) is 95.3 Å². The van der Waals surface area contributed by atoms with E-state index in [9.17, 15) is 19.7 Å². The fraction of sp³-hybridized carbons (Fsp3) is 0.0741. The Hall–Kier alpha value is -5.25. The molecule has 2 aromatic carbocycles. The molecule has 4 rings (SSSR count). The van der Waals surface area contributed by atoms with Crippen molar-refractivity contribution in [2.24, 2.45) is 0 Å². The van der Waals surface area contributed by atoms with Crippen LogP contribution in [0, 0.1) is 10.1 Å². The van der Waals surface area contributed by atoms with Crippen molar-refractivity contribution in [3.05, 3.63) is 118 Å². The highest BCUT2D eigenvalue weighted by Gasteiger charge is 2.19. The summed E-state index contributed by atoms with van der Waals surface area (Å²) >= 11 is 0. The Balaban J connectivity index is 1.61. The van der Waals surface area contributed by atoms with Gasteiger partial charge in [-0.25, -0.2) is 0 Å². The second kappa shape index (κ2) is 11.5. The van der Waals surface area contributed by atoms with E-state index in [4.69, 9.17) is 9.15 Å². The maximum Gasteiger partial charge on any atom is 0.280 e. The average molecular weight is 498 g/mol. The number of pyridine rings is 1. The summed E-state index contributed by atoms with van der Waals surface area (Å²) in [5.41, 5.74) is 1.24. The molecule has 0 unspecified atom stereocenters. The summed E-state index contributed by atoms with van der Waals surface area (Å²) in [5.74, 6) is -0.0184. The van der Waals surface area contributed by atoms with E-state index in [2.05, 4.69) is 15.6 Å². The number of rotatable bonds is 9. The number of nitro benzene ring substituents is 1. The topological polar surface area (TPSA) is 137 Å².